The van der Waals surface area contributed by atoms with E-state index in [1.165, 1.54) is 38.5 Å². The molecule has 0 spiro atoms. The van der Waals surface area contributed by atoms with Gasteiger partial charge in [0.1, 0.15) is 0 Å². The van der Waals surface area contributed by atoms with Crippen LogP contribution in [0, 0.1) is 5.92 Å². The lowest BCUT2D eigenvalue weighted by Crippen LogP contribution is -2.46. The van der Waals surface area contributed by atoms with Crippen LogP contribution < -0.4 is 5.32 Å². The minimum Gasteiger partial charge on any atom is -0.339 e. The Kier molecular flexibility index (Phi) is 4.61. The van der Waals surface area contributed by atoms with Crippen molar-refractivity contribution < 1.29 is 4.79 Å². The molecule has 0 aromatic rings. The zero-order valence-electron chi connectivity index (χ0n) is 12.8. The second kappa shape index (κ2) is 6.44. The number of nitrogens with one attached hydrogen (secondary N) is 1. The fraction of sp³-hybridized carbons (Fsp3) is 0.938. The second-order valence-corrected chi connectivity index (χ2v) is 6.84. The molecule has 3 fully saturated rings. The molecule has 2 aliphatic carbocycles. The summed E-state index contributed by atoms with van der Waals surface area (Å²) in [5, 5.41) is 3.57. The first-order valence-electron chi connectivity index (χ1n) is 8.51. The molecule has 0 aromatic carbocycles. The zero-order chi connectivity index (χ0) is 13.9. The Labute approximate surface area is 122 Å². The molecule has 1 N–H and O–H groups in total. The average Bonchev–Trinajstić information content (AvgIpc) is 3.33. The third-order valence-corrected chi connectivity index (χ3v) is 4.86. The highest BCUT2D eigenvalue weighted by Gasteiger charge is 2.33. The third-order valence-electron chi connectivity index (χ3n) is 4.86. The molecule has 1 aliphatic heterocycles. The molecule has 4 nitrogen and oxygen atoms in total. The molecule has 1 saturated heterocycles. The highest BCUT2D eigenvalue weighted by Crippen LogP contribution is 2.30. The van der Waals surface area contributed by atoms with Crippen molar-refractivity contribution in [2.24, 2.45) is 5.92 Å². The van der Waals surface area contributed by atoms with Gasteiger partial charge in [-0.25, -0.2) is 0 Å². The maximum Gasteiger partial charge on any atom is 0.236 e. The summed E-state index contributed by atoms with van der Waals surface area (Å²) in [5.41, 5.74) is 0. The highest BCUT2D eigenvalue weighted by molar-refractivity contribution is 5.79. The van der Waals surface area contributed by atoms with E-state index in [1.807, 2.05) is 0 Å². The molecule has 1 unspecified atom stereocenters. The largest absolute Gasteiger partial charge is 0.339 e. The van der Waals surface area contributed by atoms with Gasteiger partial charge in [-0.2, -0.15) is 0 Å². The first-order chi connectivity index (χ1) is 9.76. The Morgan fingerprint density at radius 3 is 2.50 bits per heavy atom. The van der Waals surface area contributed by atoms with Crippen LogP contribution in [-0.4, -0.2) is 60.5 Å². The molecule has 2 saturated carbocycles. The smallest absolute Gasteiger partial charge is 0.236 e. The van der Waals surface area contributed by atoms with Gasteiger partial charge in [0.25, 0.3) is 0 Å². The first-order valence-corrected chi connectivity index (χ1v) is 8.51. The number of carbonyl (C=O) groups excluding carboxylic acids is 1. The van der Waals surface area contributed by atoms with Crippen LogP contribution in [0.2, 0.25) is 0 Å². The van der Waals surface area contributed by atoms with Crippen LogP contribution in [0.5, 0.6) is 0 Å². The van der Waals surface area contributed by atoms with Crippen molar-refractivity contribution in [3.63, 3.8) is 0 Å². The maximum atomic E-state index is 12.5. The van der Waals surface area contributed by atoms with Gasteiger partial charge in [0.2, 0.25) is 5.91 Å². The fourth-order valence-corrected chi connectivity index (χ4v) is 3.40. The predicted octanol–water partition coefficient (Wildman–Crippen LogP) is 1.46. The summed E-state index contributed by atoms with van der Waals surface area (Å²) in [5.74, 6) is 1.22. The van der Waals surface area contributed by atoms with Crippen molar-refractivity contribution in [1.29, 1.82) is 0 Å². The Morgan fingerprint density at radius 2 is 1.95 bits per heavy atom. The van der Waals surface area contributed by atoms with Gasteiger partial charge in [0.05, 0.1) is 6.54 Å². The molecule has 1 heterocycles. The quantitative estimate of drug-likeness (QED) is 0.731. The Bertz CT molecular complexity index is 333. The van der Waals surface area contributed by atoms with Crippen LogP contribution in [0.4, 0.5) is 0 Å². The minimum atomic E-state index is 0.355. The van der Waals surface area contributed by atoms with Crippen molar-refractivity contribution in [2.45, 2.75) is 57.5 Å². The molecular formula is C16H29N3O. The van der Waals surface area contributed by atoms with Crippen LogP contribution in [0.1, 0.15) is 45.4 Å². The molecule has 4 heteroatoms. The normalized spacial score (nSPS) is 26.2. The summed E-state index contributed by atoms with van der Waals surface area (Å²) in [6.45, 7) is 6.97. The molecule has 20 heavy (non-hydrogen) atoms. The number of nitrogens with zero attached hydrogens (tertiary/aromatic N) is 2. The molecule has 114 valence electrons. The number of amides is 1. The summed E-state index contributed by atoms with van der Waals surface area (Å²) >= 11 is 0. The first kappa shape index (κ1) is 14.3. The molecule has 1 atom stereocenters. The van der Waals surface area contributed by atoms with Crippen molar-refractivity contribution >= 4 is 5.91 Å². The van der Waals surface area contributed by atoms with Gasteiger partial charge in [0, 0.05) is 31.7 Å². The maximum absolute atomic E-state index is 12.5. The lowest BCUT2D eigenvalue weighted by atomic mass is 10.2. The van der Waals surface area contributed by atoms with E-state index in [9.17, 15) is 4.79 Å². The molecule has 3 rings (SSSR count). The summed E-state index contributed by atoms with van der Waals surface area (Å²) in [7, 11) is 0. The molecule has 1 amide bonds. The van der Waals surface area contributed by atoms with Gasteiger partial charge in [-0.1, -0.05) is 0 Å². The molecule has 0 radical (unpaired) electrons. The van der Waals surface area contributed by atoms with Crippen LogP contribution >= 0.6 is 0 Å². The molecule has 3 aliphatic rings. The Morgan fingerprint density at radius 1 is 1.15 bits per heavy atom. The summed E-state index contributed by atoms with van der Waals surface area (Å²) in [6, 6.07) is 1.16. The van der Waals surface area contributed by atoms with Crippen LogP contribution in [0.3, 0.4) is 0 Å². The predicted molar refractivity (Wildman–Crippen MR) is 80.6 cm³/mol. The van der Waals surface area contributed by atoms with E-state index < -0.39 is 0 Å². The van der Waals surface area contributed by atoms with Gasteiger partial charge in [-0.3, -0.25) is 9.69 Å². The van der Waals surface area contributed by atoms with E-state index in [0.29, 0.717) is 24.5 Å². The van der Waals surface area contributed by atoms with E-state index in [4.69, 9.17) is 0 Å². The zero-order valence-corrected chi connectivity index (χ0v) is 12.8. The monoisotopic (exact) mass is 279 g/mol. The van der Waals surface area contributed by atoms with E-state index in [-0.39, 0.29) is 0 Å². The van der Waals surface area contributed by atoms with E-state index in [1.54, 1.807) is 0 Å². The van der Waals surface area contributed by atoms with Crippen molar-refractivity contribution in [3.8, 4) is 0 Å². The lowest BCUT2D eigenvalue weighted by Gasteiger charge is -2.28. The van der Waals surface area contributed by atoms with E-state index in [2.05, 4.69) is 22.0 Å². The van der Waals surface area contributed by atoms with Crippen LogP contribution in [0.15, 0.2) is 0 Å². The van der Waals surface area contributed by atoms with Gasteiger partial charge in [-0.15, -0.1) is 0 Å². The summed E-state index contributed by atoms with van der Waals surface area (Å²) in [4.78, 5) is 17.0. The number of hydrogen-bond donors (Lipinski definition) is 1. The van der Waals surface area contributed by atoms with Crippen molar-refractivity contribution in [2.75, 3.05) is 32.7 Å². The summed E-state index contributed by atoms with van der Waals surface area (Å²) < 4.78 is 0. The number of rotatable bonds is 8. The van der Waals surface area contributed by atoms with Crippen LogP contribution in [-0.2, 0) is 4.79 Å². The summed E-state index contributed by atoms with van der Waals surface area (Å²) in [6.07, 6.45) is 7.72. The standard InChI is InChI=1S/C16H29N3O/c1-2-19(15-7-8-15)16(20)12-18(10-13-5-6-13)11-14-4-3-9-17-14/h13-15,17H,2-12H2,1H3. The lowest BCUT2D eigenvalue weighted by molar-refractivity contribution is -0.132. The van der Waals surface area contributed by atoms with Gasteiger partial charge in [0.15, 0.2) is 0 Å². The van der Waals surface area contributed by atoms with Crippen molar-refractivity contribution in [1.82, 2.24) is 15.1 Å². The molecule has 0 bridgehead atoms. The number of hydrogen-bond acceptors (Lipinski definition) is 3. The highest BCUT2D eigenvalue weighted by atomic mass is 16.2. The van der Waals surface area contributed by atoms with Crippen molar-refractivity contribution in [3.05, 3.63) is 0 Å². The van der Waals surface area contributed by atoms with Crippen LogP contribution in [0.25, 0.3) is 0 Å². The SMILES string of the molecule is CCN(C(=O)CN(CC1CC1)CC1CCCN1)C1CC1. The van der Waals surface area contributed by atoms with Gasteiger partial charge < -0.3 is 10.2 Å². The van der Waals surface area contributed by atoms with E-state index in [0.717, 1.165) is 32.1 Å². The van der Waals surface area contributed by atoms with E-state index >= 15 is 0 Å². The third kappa shape index (κ3) is 3.95. The second-order valence-electron chi connectivity index (χ2n) is 6.84. The Balaban J connectivity index is 1.51. The number of carbonyl (C=O) groups is 1. The Hall–Kier alpha value is -0.610. The minimum absolute atomic E-state index is 0.355. The number of likely N-dealkylation sites (N-methyl/N-ethyl adjacent to an activating group) is 1. The molecular weight excluding hydrogens is 250 g/mol. The molecule has 0 aromatic heterocycles. The fourth-order valence-electron chi connectivity index (χ4n) is 3.40. The van der Waals surface area contributed by atoms with Gasteiger partial charge in [-0.05, 0) is 57.9 Å². The van der Waals surface area contributed by atoms with Gasteiger partial charge >= 0.3 is 0 Å². The topological polar surface area (TPSA) is 35.6 Å². The average molecular weight is 279 g/mol.